The molecule has 0 bridgehead atoms. The lowest BCUT2D eigenvalue weighted by Crippen LogP contribution is -2.30. The van der Waals surface area contributed by atoms with E-state index in [2.05, 4.69) is 32.0 Å². The van der Waals surface area contributed by atoms with Crippen molar-refractivity contribution in [1.82, 2.24) is 0 Å². The van der Waals surface area contributed by atoms with E-state index in [1.165, 1.54) is 5.56 Å². The van der Waals surface area contributed by atoms with Gasteiger partial charge in [0.15, 0.2) is 11.5 Å². The molecule has 0 saturated carbocycles. The second kappa shape index (κ2) is 7.63. The topological polar surface area (TPSA) is 40.0 Å². The molecule has 0 aliphatic carbocycles. The Morgan fingerprint density at radius 3 is 2.07 bits per heavy atom. The molecule has 0 unspecified atom stereocenters. The highest BCUT2D eigenvalue weighted by Crippen LogP contribution is 2.40. The minimum absolute atomic E-state index is 0.0747. The molecule has 3 aromatic rings. The zero-order valence-electron chi connectivity index (χ0n) is 17.2. The predicted octanol–water partition coefficient (Wildman–Crippen LogP) is 5.62. The summed E-state index contributed by atoms with van der Waals surface area (Å²) in [7, 11) is 3.32. The van der Waals surface area contributed by atoms with E-state index in [1.807, 2.05) is 48.5 Å². The van der Waals surface area contributed by atoms with Crippen LogP contribution >= 0.6 is 0 Å². The Morgan fingerprint density at radius 2 is 1.41 bits per heavy atom. The summed E-state index contributed by atoms with van der Waals surface area (Å²) in [6.45, 7) is 5.12. The molecule has 0 spiro atoms. The molecule has 4 rings (SSSR count). The van der Waals surface area contributed by atoms with Crippen molar-refractivity contribution in [3.05, 3.63) is 83.4 Å². The van der Waals surface area contributed by atoms with Gasteiger partial charge >= 0.3 is 0 Å². The summed E-state index contributed by atoms with van der Waals surface area (Å²) in [5.41, 5.74) is 4.23. The Balaban J connectivity index is 1.70. The van der Waals surface area contributed by atoms with Gasteiger partial charge in [-0.05, 0) is 54.1 Å². The smallest absolute Gasteiger partial charge is 0.161 e. The number of para-hydroxylation sites is 1. The van der Waals surface area contributed by atoms with Gasteiger partial charge in [-0.25, -0.2) is 0 Å². The van der Waals surface area contributed by atoms with Crippen LogP contribution in [0, 0.1) is 0 Å². The summed E-state index contributed by atoms with van der Waals surface area (Å²) in [6.07, 6.45) is 0. The van der Waals surface area contributed by atoms with Crippen molar-refractivity contribution in [3.8, 4) is 23.0 Å². The van der Waals surface area contributed by atoms with Crippen molar-refractivity contribution in [2.75, 3.05) is 20.8 Å². The molecule has 0 amide bonds. The highest BCUT2D eigenvalue weighted by molar-refractivity contribution is 6.15. The number of fused-ring (bicyclic) bond motifs is 1. The summed E-state index contributed by atoms with van der Waals surface area (Å²) in [4.78, 5) is 4.92. The number of benzene rings is 3. The van der Waals surface area contributed by atoms with E-state index in [0.717, 1.165) is 34.1 Å². The Bertz CT molecular complexity index is 1040. The third-order valence-corrected chi connectivity index (χ3v) is 5.25. The fourth-order valence-corrected chi connectivity index (χ4v) is 3.63. The Hall–Kier alpha value is -3.27. The Labute approximate surface area is 171 Å². The second-order valence-electron chi connectivity index (χ2n) is 7.74. The van der Waals surface area contributed by atoms with Crippen molar-refractivity contribution >= 4 is 5.71 Å². The molecule has 1 aliphatic heterocycles. The first-order valence-electron chi connectivity index (χ1n) is 9.66. The molecule has 0 N–H and O–H groups in total. The van der Waals surface area contributed by atoms with Crippen molar-refractivity contribution in [2.24, 2.45) is 4.99 Å². The molecule has 0 aromatic heterocycles. The van der Waals surface area contributed by atoms with Crippen LogP contribution in [0.5, 0.6) is 23.0 Å². The van der Waals surface area contributed by atoms with Crippen molar-refractivity contribution < 1.29 is 14.2 Å². The molecule has 4 nitrogen and oxygen atoms in total. The molecular formula is C25H25NO3. The van der Waals surface area contributed by atoms with Crippen LogP contribution in [-0.2, 0) is 5.41 Å². The summed E-state index contributed by atoms with van der Waals surface area (Å²) in [5.74, 6) is 3.07. The van der Waals surface area contributed by atoms with Crippen LogP contribution in [0.1, 0.15) is 30.5 Å². The highest BCUT2D eigenvalue weighted by Gasteiger charge is 2.31. The number of rotatable bonds is 5. The van der Waals surface area contributed by atoms with Crippen molar-refractivity contribution in [3.63, 3.8) is 0 Å². The number of hydrogen-bond donors (Lipinski definition) is 0. The van der Waals surface area contributed by atoms with Gasteiger partial charge in [-0.3, -0.25) is 4.99 Å². The van der Waals surface area contributed by atoms with Crippen LogP contribution in [0.4, 0.5) is 0 Å². The molecule has 0 saturated heterocycles. The first-order valence-corrected chi connectivity index (χ1v) is 9.66. The third kappa shape index (κ3) is 3.70. The molecule has 4 heteroatoms. The maximum atomic E-state index is 5.91. The van der Waals surface area contributed by atoms with E-state index >= 15 is 0 Å². The summed E-state index contributed by atoms with van der Waals surface area (Å²) in [5, 5.41) is 0. The van der Waals surface area contributed by atoms with Gasteiger partial charge in [0.25, 0.3) is 0 Å². The lowest BCUT2D eigenvalue weighted by atomic mass is 9.77. The molecule has 1 aliphatic rings. The van der Waals surface area contributed by atoms with Crippen LogP contribution in [0.3, 0.4) is 0 Å². The molecule has 3 aromatic carbocycles. The van der Waals surface area contributed by atoms with Gasteiger partial charge in [0.05, 0.1) is 19.9 Å². The summed E-state index contributed by atoms with van der Waals surface area (Å²) in [6, 6.07) is 21.9. The maximum Gasteiger partial charge on any atom is 0.161 e. The lowest BCUT2D eigenvalue weighted by molar-refractivity contribution is 0.353. The van der Waals surface area contributed by atoms with Gasteiger partial charge in [0.1, 0.15) is 11.5 Å². The number of ether oxygens (including phenoxy) is 3. The van der Waals surface area contributed by atoms with E-state index in [-0.39, 0.29) is 5.41 Å². The van der Waals surface area contributed by atoms with E-state index in [9.17, 15) is 0 Å². The van der Waals surface area contributed by atoms with Crippen LogP contribution in [0.15, 0.2) is 71.7 Å². The third-order valence-electron chi connectivity index (χ3n) is 5.25. The molecular weight excluding hydrogens is 362 g/mol. The van der Waals surface area contributed by atoms with E-state index in [4.69, 9.17) is 19.2 Å². The van der Waals surface area contributed by atoms with Gasteiger partial charge in [-0.15, -0.1) is 0 Å². The fraction of sp³-hybridized carbons (Fsp3) is 0.240. The molecule has 148 valence electrons. The quantitative estimate of drug-likeness (QED) is 0.570. The van der Waals surface area contributed by atoms with Crippen molar-refractivity contribution in [1.29, 1.82) is 0 Å². The summed E-state index contributed by atoms with van der Waals surface area (Å²) < 4.78 is 17.0. The predicted molar refractivity (Wildman–Crippen MR) is 116 cm³/mol. The second-order valence-corrected chi connectivity index (χ2v) is 7.74. The first-order chi connectivity index (χ1) is 14.0. The Kier molecular flexibility index (Phi) is 5.01. The monoisotopic (exact) mass is 387 g/mol. The molecule has 1 heterocycles. The van der Waals surface area contributed by atoms with Crippen LogP contribution < -0.4 is 14.2 Å². The SMILES string of the molecule is COc1cc2c(cc1OC)C(C)(C)CN=C2c1ccc(Oc2ccccc2)cc1. The Morgan fingerprint density at radius 1 is 0.793 bits per heavy atom. The van der Waals surface area contributed by atoms with Crippen LogP contribution in [0.25, 0.3) is 0 Å². The number of methoxy groups -OCH3 is 2. The standard InChI is InChI=1S/C25H25NO3/c1-25(2)16-26-24(20-14-22(27-3)23(28-4)15-21(20)25)17-10-12-19(13-11-17)29-18-8-6-5-7-9-18/h5-15H,16H2,1-4H3. The number of nitrogens with zero attached hydrogens (tertiary/aromatic N) is 1. The highest BCUT2D eigenvalue weighted by atomic mass is 16.5. The van der Waals surface area contributed by atoms with Gasteiger partial charge in [-0.2, -0.15) is 0 Å². The minimum Gasteiger partial charge on any atom is -0.493 e. The zero-order valence-corrected chi connectivity index (χ0v) is 17.2. The number of aliphatic imine (C=N–C) groups is 1. The average Bonchev–Trinajstić information content (AvgIpc) is 2.74. The van der Waals surface area contributed by atoms with Crippen molar-refractivity contribution in [2.45, 2.75) is 19.3 Å². The molecule has 0 atom stereocenters. The molecule has 29 heavy (non-hydrogen) atoms. The summed E-state index contributed by atoms with van der Waals surface area (Å²) >= 11 is 0. The normalized spacial score (nSPS) is 14.6. The van der Waals surface area contributed by atoms with E-state index in [0.29, 0.717) is 12.3 Å². The first kappa shape index (κ1) is 19.1. The molecule has 0 fully saturated rings. The lowest BCUT2D eigenvalue weighted by Gasteiger charge is -2.32. The number of hydrogen-bond acceptors (Lipinski definition) is 4. The van der Waals surface area contributed by atoms with Crippen LogP contribution in [-0.4, -0.2) is 26.5 Å². The van der Waals surface area contributed by atoms with Gasteiger partial charge in [0.2, 0.25) is 0 Å². The van der Waals surface area contributed by atoms with Gasteiger partial charge < -0.3 is 14.2 Å². The average molecular weight is 387 g/mol. The largest absolute Gasteiger partial charge is 0.493 e. The van der Waals surface area contributed by atoms with Gasteiger partial charge in [0, 0.05) is 23.1 Å². The van der Waals surface area contributed by atoms with E-state index < -0.39 is 0 Å². The zero-order chi connectivity index (χ0) is 20.4. The fourth-order valence-electron chi connectivity index (χ4n) is 3.63. The van der Waals surface area contributed by atoms with Gasteiger partial charge in [-0.1, -0.05) is 32.0 Å². The van der Waals surface area contributed by atoms with E-state index in [1.54, 1.807) is 14.2 Å². The molecule has 0 radical (unpaired) electrons. The van der Waals surface area contributed by atoms with Crippen LogP contribution in [0.2, 0.25) is 0 Å². The maximum absolute atomic E-state index is 5.91. The minimum atomic E-state index is -0.0747.